The third-order valence-electron chi connectivity index (χ3n) is 6.89. The third kappa shape index (κ3) is 7.73. The molecule has 0 bridgehead atoms. The van der Waals surface area contributed by atoms with Gasteiger partial charge in [0.1, 0.15) is 6.61 Å². The fourth-order valence-electron chi connectivity index (χ4n) is 5.47. The van der Waals surface area contributed by atoms with Crippen molar-refractivity contribution in [1.82, 2.24) is 4.90 Å². The maximum atomic E-state index is 12.4. The predicted octanol–water partition coefficient (Wildman–Crippen LogP) is 4.48. The Kier molecular flexibility index (Phi) is 10.7. The highest BCUT2D eigenvalue weighted by atomic mass is 16.5. The van der Waals surface area contributed by atoms with Gasteiger partial charge in [-0.1, -0.05) is 50.0 Å². The molecular formula is C26H45NO4. The Labute approximate surface area is 189 Å². The van der Waals surface area contributed by atoms with Gasteiger partial charge >= 0.3 is 0 Å². The number of aliphatic hydroxyl groups is 2. The molecule has 2 fully saturated rings. The second kappa shape index (κ2) is 12.8. The second-order valence-corrected chi connectivity index (χ2v) is 10.0. The van der Waals surface area contributed by atoms with Crippen LogP contribution in [0.1, 0.15) is 79.6 Å². The van der Waals surface area contributed by atoms with E-state index in [1.54, 1.807) is 0 Å². The van der Waals surface area contributed by atoms with E-state index in [9.17, 15) is 15.0 Å². The topological polar surface area (TPSA) is 70.0 Å². The summed E-state index contributed by atoms with van der Waals surface area (Å²) >= 11 is 0. The Morgan fingerprint density at radius 2 is 1.90 bits per heavy atom. The van der Waals surface area contributed by atoms with Gasteiger partial charge in [-0.25, -0.2) is 0 Å². The summed E-state index contributed by atoms with van der Waals surface area (Å²) in [4.78, 5) is 14.3. The lowest BCUT2D eigenvalue weighted by atomic mass is 9.90. The van der Waals surface area contributed by atoms with Crippen molar-refractivity contribution in [3.63, 3.8) is 0 Å². The number of amides is 1. The van der Waals surface area contributed by atoms with Crippen LogP contribution in [-0.2, 0) is 9.53 Å². The number of allylic oxidation sites excluding steroid dienone is 1. The molecular weight excluding hydrogens is 390 g/mol. The third-order valence-corrected chi connectivity index (χ3v) is 6.89. The van der Waals surface area contributed by atoms with Gasteiger partial charge in [-0.05, 0) is 65.2 Å². The molecule has 0 aromatic carbocycles. The minimum Gasteiger partial charge on any atom is -0.392 e. The van der Waals surface area contributed by atoms with E-state index in [4.69, 9.17) is 4.74 Å². The molecule has 2 aliphatic rings. The zero-order chi connectivity index (χ0) is 23.0. The minimum atomic E-state index is -0.406. The van der Waals surface area contributed by atoms with Crippen LogP contribution in [0.2, 0.25) is 0 Å². The average Bonchev–Trinajstić information content (AvgIpc) is 3.19. The monoisotopic (exact) mass is 435 g/mol. The van der Waals surface area contributed by atoms with Gasteiger partial charge in [0.15, 0.2) is 0 Å². The van der Waals surface area contributed by atoms with Gasteiger partial charge in [-0.15, -0.1) is 0 Å². The van der Waals surface area contributed by atoms with Crippen LogP contribution in [-0.4, -0.2) is 58.5 Å². The van der Waals surface area contributed by atoms with Crippen LogP contribution in [0, 0.1) is 17.8 Å². The molecule has 5 nitrogen and oxygen atoms in total. The zero-order valence-electron chi connectivity index (χ0n) is 20.3. The highest BCUT2D eigenvalue weighted by molar-refractivity contribution is 5.78. The molecule has 0 saturated heterocycles. The summed E-state index contributed by atoms with van der Waals surface area (Å²) in [7, 11) is 0. The maximum Gasteiger partial charge on any atom is 0.249 e. The van der Waals surface area contributed by atoms with Gasteiger partial charge in [0.25, 0.3) is 0 Å². The van der Waals surface area contributed by atoms with Crippen molar-refractivity contribution in [2.24, 2.45) is 17.8 Å². The molecule has 0 aromatic heterocycles. The van der Waals surface area contributed by atoms with E-state index in [1.807, 2.05) is 38.7 Å². The molecule has 5 atom stereocenters. The predicted molar refractivity (Wildman–Crippen MR) is 126 cm³/mol. The Balaban J connectivity index is 1.80. The van der Waals surface area contributed by atoms with E-state index in [0.717, 1.165) is 44.9 Å². The molecule has 0 aromatic rings. The largest absolute Gasteiger partial charge is 0.392 e. The minimum absolute atomic E-state index is 0.0394. The number of ether oxygens (including phenoxy) is 1. The number of carbonyl (C=O) groups excluding carboxylic acids is 1. The van der Waals surface area contributed by atoms with Crippen LogP contribution < -0.4 is 0 Å². The van der Waals surface area contributed by atoms with E-state index < -0.39 is 6.10 Å². The van der Waals surface area contributed by atoms with Gasteiger partial charge in [0.2, 0.25) is 5.91 Å². The number of hydrogen-bond acceptors (Lipinski definition) is 4. The van der Waals surface area contributed by atoms with E-state index in [1.165, 1.54) is 5.57 Å². The van der Waals surface area contributed by atoms with Gasteiger partial charge in [0, 0.05) is 18.0 Å². The quantitative estimate of drug-likeness (QED) is 0.350. The molecule has 2 N–H and O–H groups in total. The van der Waals surface area contributed by atoms with Crippen molar-refractivity contribution in [3.8, 4) is 0 Å². The Morgan fingerprint density at radius 1 is 1.19 bits per heavy atom. The summed E-state index contributed by atoms with van der Waals surface area (Å²) in [5.74, 6) is 1.12. The molecule has 0 unspecified atom stereocenters. The van der Waals surface area contributed by atoms with Gasteiger partial charge in [-0.2, -0.15) is 0 Å². The molecule has 2 saturated carbocycles. The van der Waals surface area contributed by atoms with Crippen molar-refractivity contribution in [3.05, 3.63) is 23.8 Å². The first kappa shape index (κ1) is 26.1. The lowest BCUT2D eigenvalue weighted by Gasteiger charge is -2.30. The van der Waals surface area contributed by atoms with Crippen LogP contribution in [0.5, 0.6) is 0 Å². The number of fused-ring (bicyclic) bond motifs is 1. The van der Waals surface area contributed by atoms with Crippen molar-refractivity contribution >= 4 is 5.91 Å². The van der Waals surface area contributed by atoms with Gasteiger partial charge < -0.3 is 19.8 Å². The Morgan fingerprint density at radius 3 is 2.55 bits per heavy atom. The summed E-state index contributed by atoms with van der Waals surface area (Å²) in [6.07, 6.45) is 12.4. The number of rotatable bonds is 12. The van der Waals surface area contributed by atoms with E-state index in [2.05, 4.69) is 19.1 Å². The van der Waals surface area contributed by atoms with E-state index in [0.29, 0.717) is 18.4 Å². The van der Waals surface area contributed by atoms with Crippen molar-refractivity contribution < 1.29 is 19.7 Å². The van der Waals surface area contributed by atoms with Crippen LogP contribution in [0.25, 0.3) is 0 Å². The SMILES string of the molecule is CCCCC[C@H](O)C=C[C@@H]1[C@H]2CC(=CCOCC(=O)N(C(C)C)C(C)C)C[C@H]2C[C@H]1O. The molecule has 0 aliphatic heterocycles. The fraction of sp³-hybridized carbons (Fsp3) is 0.808. The molecule has 0 spiro atoms. The average molecular weight is 436 g/mol. The number of hydrogen-bond donors (Lipinski definition) is 2. The summed E-state index contributed by atoms with van der Waals surface area (Å²) in [6, 6.07) is 0.343. The van der Waals surface area contributed by atoms with E-state index in [-0.39, 0.29) is 36.6 Å². The zero-order valence-corrected chi connectivity index (χ0v) is 20.3. The van der Waals surface area contributed by atoms with Crippen LogP contribution in [0.3, 0.4) is 0 Å². The fourth-order valence-corrected chi connectivity index (χ4v) is 5.47. The number of unbranched alkanes of at least 4 members (excludes halogenated alkanes) is 2. The summed E-state index contributed by atoms with van der Waals surface area (Å²) < 4.78 is 5.67. The standard InChI is InChI=1S/C26H45NO4/c1-6-7-8-9-22(28)10-11-23-24-15-20(14-21(24)16-25(23)29)12-13-31-17-26(30)27(18(2)3)19(4)5/h10-12,18-19,21-25,28-29H,6-9,13-17H2,1-5H3/t21-,22-,23+,24-,25+/m0/s1. The molecule has 0 heterocycles. The van der Waals surface area contributed by atoms with E-state index >= 15 is 0 Å². The van der Waals surface area contributed by atoms with Crippen molar-refractivity contribution in [2.45, 2.75) is 104 Å². The Hall–Kier alpha value is -1.17. The van der Waals surface area contributed by atoms with Crippen LogP contribution in [0.4, 0.5) is 0 Å². The lowest BCUT2D eigenvalue weighted by molar-refractivity contribution is -0.139. The smallest absolute Gasteiger partial charge is 0.249 e. The lowest BCUT2D eigenvalue weighted by Crippen LogP contribution is -2.43. The molecule has 1 amide bonds. The highest BCUT2D eigenvalue weighted by Crippen LogP contribution is 2.50. The van der Waals surface area contributed by atoms with Crippen LogP contribution >= 0.6 is 0 Å². The molecule has 178 valence electrons. The van der Waals surface area contributed by atoms with Gasteiger partial charge in [-0.3, -0.25) is 4.79 Å². The normalized spacial score (nSPS) is 28.2. The first-order valence-electron chi connectivity index (χ1n) is 12.4. The number of carbonyl (C=O) groups is 1. The maximum absolute atomic E-state index is 12.4. The first-order chi connectivity index (χ1) is 14.7. The number of aliphatic hydroxyl groups excluding tert-OH is 2. The summed E-state index contributed by atoms with van der Waals surface area (Å²) in [5, 5.41) is 20.7. The molecule has 2 aliphatic carbocycles. The van der Waals surface area contributed by atoms with Crippen molar-refractivity contribution in [1.29, 1.82) is 0 Å². The van der Waals surface area contributed by atoms with Gasteiger partial charge in [0.05, 0.1) is 18.8 Å². The summed E-state index contributed by atoms with van der Waals surface area (Å²) in [6.45, 7) is 10.9. The second-order valence-electron chi connectivity index (χ2n) is 10.0. The van der Waals surface area contributed by atoms with Crippen molar-refractivity contribution in [2.75, 3.05) is 13.2 Å². The number of nitrogens with zero attached hydrogens (tertiary/aromatic N) is 1. The van der Waals surface area contributed by atoms with Crippen LogP contribution in [0.15, 0.2) is 23.8 Å². The summed E-state index contributed by atoms with van der Waals surface area (Å²) in [5.41, 5.74) is 1.38. The molecule has 2 rings (SSSR count). The first-order valence-corrected chi connectivity index (χ1v) is 12.4. The highest BCUT2D eigenvalue weighted by Gasteiger charge is 2.44. The molecule has 31 heavy (non-hydrogen) atoms. The Bertz CT molecular complexity index is 605. The molecule has 0 radical (unpaired) electrons. The molecule has 5 heteroatoms.